The maximum absolute atomic E-state index is 13.1. The Bertz CT molecular complexity index is 432. The number of rotatable bonds is 1. The average molecular weight is 197 g/mol. The van der Waals surface area contributed by atoms with Gasteiger partial charge in [0.1, 0.15) is 11.6 Å². The summed E-state index contributed by atoms with van der Waals surface area (Å²) in [4.78, 5) is 0.557. The first kappa shape index (κ1) is 8.25. The molecule has 5 heteroatoms. The van der Waals surface area contributed by atoms with Crippen LogP contribution in [0.4, 0.5) is 10.2 Å². The molecule has 3 nitrogen and oxygen atoms in total. The van der Waals surface area contributed by atoms with Gasteiger partial charge in [-0.1, -0.05) is 0 Å². The number of thiophene rings is 1. The summed E-state index contributed by atoms with van der Waals surface area (Å²) < 4.78 is 13.1. The van der Waals surface area contributed by atoms with Gasteiger partial charge in [-0.15, -0.1) is 11.3 Å². The minimum absolute atomic E-state index is 0.239. The van der Waals surface area contributed by atoms with E-state index in [9.17, 15) is 4.39 Å². The molecule has 2 rings (SSSR count). The van der Waals surface area contributed by atoms with Crippen LogP contribution in [0.1, 0.15) is 5.56 Å². The van der Waals surface area contributed by atoms with Crippen LogP contribution in [0.2, 0.25) is 0 Å². The minimum Gasteiger partial charge on any atom is -0.382 e. The second-order valence-electron chi connectivity index (χ2n) is 2.71. The third-order valence-corrected chi connectivity index (χ3v) is 2.80. The SMILES string of the molecule is Cc1c(N)n[nH]c1-c1sccc1F. The zero-order chi connectivity index (χ0) is 9.42. The van der Waals surface area contributed by atoms with Crippen LogP contribution in [-0.2, 0) is 0 Å². The van der Waals surface area contributed by atoms with E-state index < -0.39 is 0 Å². The number of anilines is 1. The van der Waals surface area contributed by atoms with Crippen molar-refractivity contribution in [1.82, 2.24) is 10.2 Å². The maximum atomic E-state index is 13.1. The van der Waals surface area contributed by atoms with Crippen LogP contribution in [0.5, 0.6) is 0 Å². The Hall–Kier alpha value is -1.36. The van der Waals surface area contributed by atoms with Crippen molar-refractivity contribution in [3.63, 3.8) is 0 Å². The molecule has 13 heavy (non-hydrogen) atoms. The Labute approximate surface area is 78.4 Å². The molecule has 0 radical (unpaired) electrons. The topological polar surface area (TPSA) is 54.7 Å². The first-order valence-corrected chi connectivity index (χ1v) is 4.62. The van der Waals surface area contributed by atoms with Crippen LogP contribution in [0.3, 0.4) is 0 Å². The summed E-state index contributed by atoms with van der Waals surface area (Å²) in [7, 11) is 0. The second kappa shape index (κ2) is 2.85. The van der Waals surface area contributed by atoms with Crippen molar-refractivity contribution in [3.8, 4) is 10.6 Å². The third-order valence-electron chi connectivity index (χ3n) is 1.89. The first-order chi connectivity index (χ1) is 6.20. The van der Waals surface area contributed by atoms with Crippen molar-refractivity contribution >= 4 is 17.2 Å². The van der Waals surface area contributed by atoms with E-state index in [0.717, 1.165) is 5.56 Å². The van der Waals surface area contributed by atoms with Gasteiger partial charge in [0.15, 0.2) is 0 Å². The van der Waals surface area contributed by atoms with Crippen molar-refractivity contribution in [3.05, 3.63) is 22.8 Å². The van der Waals surface area contributed by atoms with Crippen LogP contribution < -0.4 is 5.73 Å². The highest BCUT2D eigenvalue weighted by Gasteiger charge is 2.13. The Morgan fingerprint density at radius 1 is 1.62 bits per heavy atom. The van der Waals surface area contributed by atoms with Gasteiger partial charge in [-0.3, -0.25) is 5.10 Å². The van der Waals surface area contributed by atoms with Gasteiger partial charge in [-0.05, 0) is 18.4 Å². The summed E-state index contributed by atoms with van der Waals surface area (Å²) in [5, 5.41) is 8.21. The lowest BCUT2D eigenvalue weighted by Gasteiger charge is -1.94. The van der Waals surface area contributed by atoms with Gasteiger partial charge in [0.2, 0.25) is 0 Å². The van der Waals surface area contributed by atoms with Crippen LogP contribution in [0.15, 0.2) is 11.4 Å². The number of hydrogen-bond donors (Lipinski definition) is 2. The number of aromatic amines is 1. The fourth-order valence-corrected chi connectivity index (χ4v) is 1.93. The molecule has 0 aromatic carbocycles. The summed E-state index contributed by atoms with van der Waals surface area (Å²) in [6.45, 7) is 1.81. The van der Waals surface area contributed by atoms with Gasteiger partial charge in [-0.2, -0.15) is 5.10 Å². The number of nitrogen functional groups attached to an aromatic ring is 1. The van der Waals surface area contributed by atoms with Crippen LogP contribution in [0, 0.1) is 12.7 Å². The molecule has 0 bridgehead atoms. The first-order valence-electron chi connectivity index (χ1n) is 3.74. The molecule has 2 aromatic rings. The average Bonchev–Trinajstić information content (AvgIpc) is 2.62. The fraction of sp³-hybridized carbons (Fsp3) is 0.125. The lowest BCUT2D eigenvalue weighted by Crippen LogP contribution is -1.86. The van der Waals surface area contributed by atoms with Gasteiger partial charge in [0.05, 0.1) is 10.6 Å². The van der Waals surface area contributed by atoms with Crippen molar-refractivity contribution in [2.75, 3.05) is 5.73 Å². The van der Waals surface area contributed by atoms with E-state index in [2.05, 4.69) is 10.2 Å². The lowest BCUT2D eigenvalue weighted by atomic mass is 10.2. The number of nitrogens with zero attached hydrogens (tertiary/aromatic N) is 1. The zero-order valence-electron chi connectivity index (χ0n) is 6.97. The van der Waals surface area contributed by atoms with Crippen LogP contribution in [0.25, 0.3) is 10.6 Å². The molecule has 2 heterocycles. The molecule has 0 aliphatic heterocycles. The highest BCUT2D eigenvalue weighted by Crippen LogP contribution is 2.30. The highest BCUT2D eigenvalue weighted by atomic mass is 32.1. The fourth-order valence-electron chi connectivity index (χ4n) is 1.11. The maximum Gasteiger partial charge on any atom is 0.148 e. The molecule has 0 fully saturated rings. The van der Waals surface area contributed by atoms with Crippen molar-refractivity contribution in [2.24, 2.45) is 0 Å². The van der Waals surface area contributed by atoms with E-state index >= 15 is 0 Å². The normalized spacial score (nSPS) is 10.6. The second-order valence-corrected chi connectivity index (χ2v) is 3.62. The smallest absolute Gasteiger partial charge is 0.148 e. The Balaban J connectivity index is 2.59. The summed E-state index contributed by atoms with van der Waals surface area (Å²) in [6.07, 6.45) is 0. The number of nitrogens with one attached hydrogen (secondary N) is 1. The molecule has 0 spiro atoms. The Morgan fingerprint density at radius 3 is 2.85 bits per heavy atom. The van der Waals surface area contributed by atoms with Gasteiger partial charge in [0.25, 0.3) is 0 Å². The van der Waals surface area contributed by atoms with E-state index in [1.165, 1.54) is 17.4 Å². The van der Waals surface area contributed by atoms with Gasteiger partial charge >= 0.3 is 0 Å². The summed E-state index contributed by atoms with van der Waals surface area (Å²) in [5.41, 5.74) is 7.00. The molecular formula is C8H8FN3S. The van der Waals surface area contributed by atoms with Crippen LogP contribution in [-0.4, -0.2) is 10.2 Å². The summed E-state index contributed by atoms with van der Waals surface area (Å²) >= 11 is 1.33. The van der Waals surface area contributed by atoms with Crippen molar-refractivity contribution in [2.45, 2.75) is 6.92 Å². The Kier molecular flexibility index (Phi) is 1.81. The van der Waals surface area contributed by atoms with Gasteiger partial charge in [0, 0.05) is 5.56 Å². The number of aromatic nitrogens is 2. The standard InChI is InChI=1S/C8H8FN3S/c1-4-6(11-12-8(4)10)7-5(9)2-3-13-7/h2-3H,1H3,(H3,10,11,12). The highest BCUT2D eigenvalue weighted by molar-refractivity contribution is 7.13. The zero-order valence-corrected chi connectivity index (χ0v) is 7.78. The summed E-state index contributed by atoms with van der Waals surface area (Å²) in [6, 6.07) is 1.43. The quantitative estimate of drug-likeness (QED) is 0.736. The monoisotopic (exact) mass is 197 g/mol. The molecular weight excluding hydrogens is 189 g/mol. The molecule has 0 saturated heterocycles. The molecule has 0 unspecified atom stereocenters. The molecule has 3 N–H and O–H groups in total. The lowest BCUT2D eigenvalue weighted by molar-refractivity contribution is 0.635. The molecule has 68 valence electrons. The van der Waals surface area contributed by atoms with Crippen LogP contribution >= 0.6 is 11.3 Å². The van der Waals surface area contributed by atoms with Crippen molar-refractivity contribution in [1.29, 1.82) is 0 Å². The molecule has 2 aromatic heterocycles. The number of H-pyrrole nitrogens is 1. The predicted octanol–water partition coefficient (Wildman–Crippen LogP) is 2.17. The molecule has 0 aliphatic rings. The van der Waals surface area contributed by atoms with Gasteiger partial charge in [-0.25, -0.2) is 4.39 Å². The van der Waals surface area contributed by atoms with E-state index in [1.54, 1.807) is 5.38 Å². The van der Waals surface area contributed by atoms with Crippen molar-refractivity contribution < 1.29 is 4.39 Å². The summed E-state index contributed by atoms with van der Waals surface area (Å²) in [5.74, 6) is 0.180. The largest absolute Gasteiger partial charge is 0.382 e. The molecule has 0 aliphatic carbocycles. The third kappa shape index (κ3) is 1.21. The van der Waals surface area contributed by atoms with Gasteiger partial charge < -0.3 is 5.73 Å². The number of nitrogens with two attached hydrogens (primary N) is 1. The Morgan fingerprint density at radius 2 is 2.38 bits per heavy atom. The van der Waals surface area contributed by atoms with E-state index in [4.69, 9.17) is 5.73 Å². The van der Waals surface area contributed by atoms with E-state index in [-0.39, 0.29) is 5.82 Å². The molecule has 0 atom stereocenters. The minimum atomic E-state index is -0.239. The predicted molar refractivity (Wildman–Crippen MR) is 51.0 cm³/mol. The number of halogens is 1. The van der Waals surface area contributed by atoms with E-state index in [0.29, 0.717) is 16.4 Å². The van der Waals surface area contributed by atoms with E-state index in [1.807, 2.05) is 6.92 Å². The molecule has 0 saturated carbocycles. The molecule has 0 amide bonds. The number of hydrogen-bond acceptors (Lipinski definition) is 3.